The Bertz CT molecular complexity index is 679. The number of carbonyl (C=O) groups excluding carboxylic acids is 1. The van der Waals surface area contributed by atoms with Crippen LogP contribution in [0.5, 0.6) is 0 Å². The summed E-state index contributed by atoms with van der Waals surface area (Å²) in [6.45, 7) is 1.02. The molecule has 2 rings (SSSR count). The molecular formula is C13H12BrNO5. The van der Waals surface area contributed by atoms with E-state index < -0.39 is 24.5 Å². The molecule has 0 unspecified atom stereocenters. The summed E-state index contributed by atoms with van der Waals surface area (Å²) in [6.07, 6.45) is 0. The summed E-state index contributed by atoms with van der Waals surface area (Å²) in [6, 6.07) is 3.94. The van der Waals surface area contributed by atoms with Crippen LogP contribution >= 0.6 is 15.9 Å². The van der Waals surface area contributed by atoms with Crippen LogP contribution in [0.15, 0.2) is 27.1 Å². The Morgan fingerprint density at radius 1 is 1.45 bits per heavy atom. The Morgan fingerprint density at radius 3 is 2.75 bits per heavy atom. The summed E-state index contributed by atoms with van der Waals surface area (Å²) in [7, 11) is 0. The Hall–Kier alpha value is -1.86. The van der Waals surface area contributed by atoms with Crippen LogP contribution in [0.2, 0.25) is 0 Å². The van der Waals surface area contributed by atoms with Crippen LogP contribution in [0.4, 0.5) is 0 Å². The standard InChI is InChI=1S/C13H12BrNO5/c1-6-8-4-7(14)2-3-10(8)20-11(6)12(17)15-9(5-16)13(18)19/h2-4,9,16H,5H2,1H3,(H,15,17)(H,18,19)/t9-/m0/s1. The van der Waals surface area contributed by atoms with Gasteiger partial charge in [-0.15, -0.1) is 0 Å². The highest BCUT2D eigenvalue weighted by Crippen LogP contribution is 2.28. The molecule has 1 amide bonds. The van der Waals surface area contributed by atoms with E-state index >= 15 is 0 Å². The van der Waals surface area contributed by atoms with E-state index in [1.807, 2.05) is 6.07 Å². The molecule has 0 fully saturated rings. The van der Waals surface area contributed by atoms with Crippen molar-refractivity contribution in [3.05, 3.63) is 34.0 Å². The van der Waals surface area contributed by atoms with Crippen LogP contribution in [0.3, 0.4) is 0 Å². The van der Waals surface area contributed by atoms with Crippen LogP contribution < -0.4 is 5.32 Å². The number of nitrogens with one attached hydrogen (secondary N) is 1. The first-order valence-electron chi connectivity index (χ1n) is 5.77. The average molecular weight is 342 g/mol. The normalized spacial score (nSPS) is 12.3. The Balaban J connectivity index is 2.35. The number of carbonyl (C=O) groups is 2. The number of hydrogen-bond donors (Lipinski definition) is 3. The summed E-state index contributed by atoms with van der Waals surface area (Å²) in [5.74, 6) is -1.94. The maximum Gasteiger partial charge on any atom is 0.328 e. The molecule has 0 aliphatic heterocycles. The molecule has 106 valence electrons. The van der Waals surface area contributed by atoms with Gasteiger partial charge in [-0.05, 0) is 25.1 Å². The van der Waals surface area contributed by atoms with Gasteiger partial charge in [0.25, 0.3) is 5.91 Å². The van der Waals surface area contributed by atoms with Crippen molar-refractivity contribution in [3.63, 3.8) is 0 Å². The molecule has 0 saturated carbocycles. The molecule has 1 aromatic carbocycles. The van der Waals surface area contributed by atoms with Crippen molar-refractivity contribution in [3.8, 4) is 0 Å². The third-order valence-electron chi connectivity index (χ3n) is 2.89. The fourth-order valence-electron chi connectivity index (χ4n) is 1.82. The Labute approximate surface area is 122 Å². The van der Waals surface area contributed by atoms with Crippen LogP contribution in [0.1, 0.15) is 16.1 Å². The first-order chi connectivity index (χ1) is 9.43. The van der Waals surface area contributed by atoms with Crippen LogP contribution in [0, 0.1) is 6.92 Å². The SMILES string of the molecule is Cc1c(C(=O)N[C@@H](CO)C(=O)O)oc2ccc(Br)cc12. The van der Waals surface area contributed by atoms with Crippen molar-refractivity contribution < 1.29 is 24.2 Å². The zero-order chi connectivity index (χ0) is 14.9. The minimum atomic E-state index is -1.36. The van der Waals surface area contributed by atoms with E-state index in [1.54, 1.807) is 19.1 Å². The van der Waals surface area contributed by atoms with Gasteiger partial charge in [0.1, 0.15) is 5.58 Å². The number of aliphatic hydroxyl groups is 1. The fourth-order valence-corrected chi connectivity index (χ4v) is 2.18. The summed E-state index contributed by atoms with van der Waals surface area (Å²) in [5, 5.41) is 20.7. The molecular weight excluding hydrogens is 330 g/mol. The first-order valence-corrected chi connectivity index (χ1v) is 6.56. The Morgan fingerprint density at radius 2 is 2.15 bits per heavy atom. The molecule has 0 spiro atoms. The molecule has 0 bridgehead atoms. The Kier molecular flexibility index (Phi) is 4.10. The van der Waals surface area contributed by atoms with E-state index in [0.29, 0.717) is 11.1 Å². The monoisotopic (exact) mass is 341 g/mol. The number of fused-ring (bicyclic) bond motifs is 1. The number of aryl methyl sites for hydroxylation is 1. The summed E-state index contributed by atoms with van der Waals surface area (Å²) < 4.78 is 6.28. The van der Waals surface area contributed by atoms with Gasteiger partial charge in [-0.1, -0.05) is 15.9 Å². The molecule has 0 aliphatic rings. The predicted molar refractivity (Wildman–Crippen MR) is 74.6 cm³/mol. The summed E-state index contributed by atoms with van der Waals surface area (Å²) in [5.41, 5.74) is 1.15. The molecule has 6 nitrogen and oxygen atoms in total. The van der Waals surface area contributed by atoms with Crippen molar-refractivity contribution >= 4 is 38.8 Å². The van der Waals surface area contributed by atoms with Gasteiger partial charge < -0.3 is 19.9 Å². The molecule has 0 aliphatic carbocycles. The van der Waals surface area contributed by atoms with E-state index in [9.17, 15) is 9.59 Å². The molecule has 0 radical (unpaired) electrons. The maximum atomic E-state index is 12.0. The molecule has 3 N–H and O–H groups in total. The third kappa shape index (κ3) is 2.68. The molecule has 2 aromatic rings. The van der Waals surface area contributed by atoms with E-state index in [4.69, 9.17) is 14.6 Å². The zero-order valence-electron chi connectivity index (χ0n) is 10.5. The summed E-state index contributed by atoms with van der Waals surface area (Å²) >= 11 is 3.33. The molecule has 20 heavy (non-hydrogen) atoms. The topological polar surface area (TPSA) is 99.8 Å². The van der Waals surface area contributed by atoms with Gasteiger partial charge in [0.2, 0.25) is 0 Å². The van der Waals surface area contributed by atoms with E-state index in [0.717, 1.165) is 9.86 Å². The number of aliphatic carboxylic acids is 1. The highest BCUT2D eigenvalue weighted by molar-refractivity contribution is 9.10. The molecule has 7 heteroatoms. The number of carboxylic acids is 1. The van der Waals surface area contributed by atoms with Crippen molar-refractivity contribution in [2.75, 3.05) is 6.61 Å². The van der Waals surface area contributed by atoms with Crippen molar-refractivity contribution in [2.45, 2.75) is 13.0 Å². The second-order valence-corrected chi connectivity index (χ2v) is 5.16. The number of carboxylic acid groups (broad SMARTS) is 1. The van der Waals surface area contributed by atoms with Crippen LogP contribution in [-0.2, 0) is 4.79 Å². The lowest BCUT2D eigenvalue weighted by Crippen LogP contribution is -2.43. The first kappa shape index (κ1) is 14.5. The van der Waals surface area contributed by atoms with Gasteiger partial charge in [0.05, 0.1) is 6.61 Å². The zero-order valence-corrected chi connectivity index (χ0v) is 12.1. The second kappa shape index (κ2) is 5.64. The van der Waals surface area contributed by atoms with Gasteiger partial charge in [-0.3, -0.25) is 4.79 Å². The number of furan rings is 1. The van der Waals surface area contributed by atoms with Crippen LogP contribution in [0.25, 0.3) is 11.0 Å². The van der Waals surface area contributed by atoms with Gasteiger partial charge >= 0.3 is 5.97 Å². The van der Waals surface area contributed by atoms with Gasteiger partial charge in [-0.25, -0.2) is 4.79 Å². The minimum Gasteiger partial charge on any atom is -0.480 e. The molecule has 1 aromatic heterocycles. The van der Waals surface area contributed by atoms with E-state index in [1.165, 1.54) is 0 Å². The lowest BCUT2D eigenvalue weighted by molar-refractivity contribution is -0.140. The van der Waals surface area contributed by atoms with E-state index in [2.05, 4.69) is 21.2 Å². The highest BCUT2D eigenvalue weighted by atomic mass is 79.9. The van der Waals surface area contributed by atoms with Gasteiger partial charge in [-0.2, -0.15) is 0 Å². The maximum absolute atomic E-state index is 12.0. The summed E-state index contributed by atoms with van der Waals surface area (Å²) in [4.78, 5) is 22.8. The smallest absolute Gasteiger partial charge is 0.328 e. The van der Waals surface area contributed by atoms with Gasteiger partial charge in [0, 0.05) is 15.4 Å². The highest BCUT2D eigenvalue weighted by Gasteiger charge is 2.24. The predicted octanol–water partition coefficient (Wildman–Crippen LogP) is 1.68. The molecule has 1 atom stereocenters. The van der Waals surface area contributed by atoms with Crippen molar-refractivity contribution in [1.29, 1.82) is 0 Å². The molecule has 1 heterocycles. The lowest BCUT2D eigenvalue weighted by atomic mass is 10.1. The second-order valence-electron chi connectivity index (χ2n) is 4.24. The number of benzene rings is 1. The number of amides is 1. The number of halogens is 1. The largest absolute Gasteiger partial charge is 0.480 e. The average Bonchev–Trinajstić information content (AvgIpc) is 2.73. The lowest BCUT2D eigenvalue weighted by Gasteiger charge is -2.10. The van der Waals surface area contributed by atoms with Crippen LogP contribution in [-0.4, -0.2) is 34.7 Å². The third-order valence-corrected chi connectivity index (χ3v) is 3.38. The van der Waals surface area contributed by atoms with Crippen molar-refractivity contribution in [2.24, 2.45) is 0 Å². The van der Waals surface area contributed by atoms with E-state index in [-0.39, 0.29) is 5.76 Å². The van der Waals surface area contributed by atoms with Crippen molar-refractivity contribution in [1.82, 2.24) is 5.32 Å². The number of aliphatic hydroxyl groups excluding tert-OH is 1. The molecule has 0 saturated heterocycles. The minimum absolute atomic E-state index is 0.0396. The number of hydrogen-bond acceptors (Lipinski definition) is 4. The number of rotatable bonds is 4. The quantitative estimate of drug-likeness (QED) is 0.785. The van der Waals surface area contributed by atoms with Gasteiger partial charge in [0.15, 0.2) is 11.8 Å². The fraction of sp³-hybridized carbons (Fsp3) is 0.231.